The predicted molar refractivity (Wildman–Crippen MR) is 73.1 cm³/mol. The van der Waals surface area contributed by atoms with E-state index >= 15 is 0 Å². The minimum absolute atomic E-state index is 0.258. The molecule has 100 valence electrons. The number of hydrogen-bond donors (Lipinski definition) is 2. The van der Waals surface area contributed by atoms with E-state index in [9.17, 15) is 4.79 Å². The Bertz CT molecular complexity index is 401. The topological polar surface area (TPSA) is 77.2 Å². The molecule has 6 heteroatoms. The lowest BCUT2D eigenvalue weighted by atomic mass is 10.2. The van der Waals surface area contributed by atoms with Crippen LogP contribution in [0.4, 0.5) is 4.79 Å². The summed E-state index contributed by atoms with van der Waals surface area (Å²) >= 11 is 3.30. The second-order valence-corrected chi connectivity index (χ2v) is 5.75. The van der Waals surface area contributed by atoms with E-state index in [4.69, 9.17) is 10.5 Å². The van der Waals surface area contributed by atoms with Crippen LogP contribution in [0.15, 0.2) is 22.8 Å². The van der Waals surface area contributed by atoms with Crippen LogP contribution < -0.4 is 11.1 Å². The lowest BCUT2D eigenvalue weighted by Gasteiger charge is -2.22. The van der Waals surface area contributed by atoms with Crippen LogP contribution in [0.25, 0.3) is 0 Å². The van der Waals surface area contributed by atoms with Crippen LogP contribution >= 0.6 is 15.9 Å². The molecule has 3 N–H and O–H groups in total. The number of carbonyl (C=O) groups is 1. The number of pyridine rings is 1. The van der Waals surface area contributed by atoms with Crippen LogP contribution in [0.5, 0.6) is 0 Å². The Morgan fingerprint density at radius 3 is 2.67 bits per heavy atom. The van der Waals surface area contributed by atoms with Crippen LogP contribution in [0.2, 0.25) is 0 Å². The number of ether oxygens (including phenoxy) is 1. The molecule has 0 bridgehead atoms. The maximum absolute atomic E-state index is 11.6. The predicted octanol–water partition coefficient (Wildman–Crippen LogP) is 2.37. The van der Waals surface area contributed by atoms with Gasteiger partial charge in [0.25, 0.3) is 0 Å². The minimum atomic E-state index is -0.531. The number of hydrogen-bond acceptors (Lipinski definition) is 4. The van der Waals surface area contributed by atoms with Gasteiger partial charge in [0.2, 0.25) is 0 Å². The maximum Gasteiger partial charge on any atom is 0.408 e. The molecule has 0 spiro atoms. The molecule has 0 fully saturated rings. The average molecular weight is 316 g/mol. The number of aromatic nitrogens is 1. The number of alkyl carbamates (subject to hydrolysis) is 1. The first-order chi connectivity index (χ1) is 8.31. The molecule has 0 radical (unpaired) electrons. The molecule has 5 nitrogen and oxygen atoms in total. The summed E-state index contributed by atoms with van der Waals surface area (Å²) in [5.41, 5.74) is 5.80. The molecule has 1 unspecified atom stereocenters. The van der Waals surface area contributed by atoms with Crippen molar-refractivity contribution < 1.29 is 9.53 Å². The minimum Gasteiger partial charge on any atom is -0.444 e. The van der Waals surface area contributed by atoms with E-state index in [-0.39, 0.29) is 12.6 Å². The first kappa shape index (κ1) is 14.9. The number of nitrogens with zero attached hydrogens (tertiary/aromatic N) is 1. The van der Waals surface area contributed by atoms with Crippen LogP contribution in [-0.4, -0.2) is 23.2 Å². The highest BCUT2D eigenvalue weighted by Gasteiger charge is 2.20. The van der Waals surface area contributed by atoms with Gasteiger partial charge in [0, 0.05) is 17.2 Å². The van der Waals surface area contributed by atoms with Crippen molar-refractivity contribution in [3.8, 4) is 0 Å². The first-order valence-electron chi connectivity index (χ1n) is 5.63. The van der Waals surface area contributed by atoms with Crippen molar-refractivity contribution in [2.75, 3.05) is 6.54 Å². The zero-order chi connectivity index (χ0) is 13.8. The van der Waals surface area contributed by atoms with Crippen molar-refractivity contribution in [1.29, 1.82) is 0 Å². The van der Waals surface area contributed by atoms with Crippen LogP contribution in [0.1, 0.15) is 32.5 Å². The standard InChI is InChI=1S/C12H18BrN3O2/c1-12(2,3)18-11(17)16-10(6-14)9-5-4-8(13)7-15-9/h4-5,7,10H,6,14H2,1-3H3,(H,16,17). The molecule has 1 aromatic heterocycles. The zero-order valence-electron chi connectivity index (χ0n) is 10.7. The smallest absolute Gasteiger partial charge is 0.408 e. The van der Waals surface area contributed by atoms with Crippen molar-refractivity contribution in [2.24, 2.45) is 5.73 Å². The van der Waals surface area contributed by atoms with Gasteiger partial charge >= 0.3 is 6.09 Å². The quantitative estimate of drug-likeness (QED) is 0.897. The van der Waals surface area contributed by atoms with Gasteiger partial charge in [-0.1, -0.05) is 0 Å². The normalized spacial score (nSPS) is 12.9. The first-order valence-corrected chi connectivity index (χ1v) is 6.42. The Kier molecular flexibility index (Phi) is 5.10. The van der Waals surface area contributed by atoms with E-state index in [0.717, 1.165) is 4.47 Å². The molecule has 1 aromatic rings. The summed E-state index contributed by atoms with van der Waals surface area (Å²) in [6.07, 6.45) is 1.16. The maximum atomic E-state index is 11.6. The third-order valence-corrected chi connectivity index (χ3v) is 2.50. The summed E-state index contributed by atoms with van der Waals surface area (Å²) in [6, 6.07) is 3.30. The Morgan fingerprint density at radius 1 is 1.56 bits per heavy atom. The SMILES string of the molecule is CC(C)(C)OC(=O)NC(CN)c1ccc(Br)cn1. The number of carbonyl (C=O) groups excluding carboxylic acids is 1. The second kappa shape index (κ2) is 6.15. The van der Waals surface area contributed by atoms with Gasteiger partial charge in [0.05, 0.1) is 11.7 Å². The number of rotatable bonds is 3. The monoisotopic (exact) mass is 315 g/mol. The van der Waals surface area contributed by atoms with E-state index in [1.165, 1.54) is 0 Å². The Labute approximate surface area is 115 Å². The molecule has 1 amide bonds. The van der Waals surface area contributed by atoms with Gasteiger partial charge < -0.3 is 15.8 Å². The van der Waals surface area contributed by atoms with E-state index in [2.05, 4.69) is 26.2 Å². The zero-order valence-corrected chi connectivity index (χ0v) is 12.3. The van der Waals surface area contributed by atoms with Crippen molar-refractivity contribution >= 4 is 22.0 Å². The van der Waals surface area contributed by atoms with Gasteiger partial charge in [0.15, 0.2) is 0 Å². The molecular formula is C12H18BrN3O2. The van der Waals surface area contributed by atoms with Gasteiger partial charge in [-0.2, -0.15) is 0 Å². The van der Waals surface area contributed by atoms with Gasteiger partial charge in [-0.15, -0.1) is 0 Å². The summed E-state index contributed by atoms with van der Waals surface area (Å²) in [4.78, 5) is 15.8. The van der Waals surface area contributed by atoms with Crippen molar-refractivity contribution in [3.05, 3.63) is 28.5 Å². The Balaban J connectivity index is 2.68. The highest BCUT2D eigenvalue weighted by molar-refractivity contribution is 9.10. The van der Waals surface area contributed by atoms with Gasteiger partial charge in [0.1, 0.15) is 5.60 Å². The molecule has 0 saturated carbocycles. The fraction of sp³-hybridized carbons (Fsp3) is 0.500. The van der Waals surface area contributed by atoms with Gasteiger partial charge in [-0.25, -0.2) is 4.79 Å². The lowest BCUT2D eigenvalue weighted by Crippen LogP contribution is -2.38. The molecule has 0 aliphatic carbocycles. The molecule has 1 rings (SSSR count). The van der Waals surface area contributed by atoms with E-state index in [1.54, 1.807) is 12.3 Å². The Morgan fingerprint density at radius 2 is 2.22 bits per heavy atom. The molecule has 0 aliphatic heterocycles. The summed E-state index contributed by atoms with van der Waals surface area (Å²) in [6.45, 7) is 5.68. The third kappa shape index (κ3) is 5.01. The molecular weight excluding hydrogens is 298 g/mol. The third-order valence-electron chi connectivity index (χ3n) is 2.03. The number of nitrogens with two attached hydrogens (primary N) is 1. The lowest BCUT2D eigenvalue weighted by molar-refractivity contribution is 0.0504. The number of amides is 1. The molecule has 0 aliphatic rings. The largest absolute Gasteiger partial charge is 0.444 e. The molecule has 18 heavy (non-hydrogen) atoms. The average Bonchev–Trinajstić information content (AvgIpc) is 2.25. The summed E-state index contributed by atoms with van der Waals surface area (Å²) in [5, 5.41) is 2.70. The van der Waals surface area contributed by atoms with E-state index in [1.807, 2.05) is 26.8 Å². The van der Waals surface area contributed by atoms with Crippen molar-refractivity contribution in [3.63, 3.8) is 0 Å². The number of nitrogens with one attached hydrogen (secondary N) is 1. The molecule has 0 aromatic carbocycles. The van der Waals surface area contributed by atoms with Crippen LogP contribution in [0.3, 0.4) is 0 Å². The van der Waals surface area contributed by atoms with Gasteiger partial charge in [-0.3, -0.25) is 4.98 Å². The van der Waals surface area contributed by atoms with Crippen LogP contribution in [0, 0.1) is 0 Å². The van der Waals surface area contributed by atoms with Crippen molar-refractivity contribution in [2.45, 2.75) is 32.4 Å². The fourth-order valence-electron chi connectivity index (χ4n) is 1.30. The summed E-state index contributed by atoms with van der Waals surface area (Å²) < 4.78 is 6.05. The van der Waals surface area contributed by atoms with Gasteiger partial charge in [-0.05, 0) is 48.8 Å². The summed E-state index contributed by atoms with van der Waals surface area (Å²) in [7, 11) is 0. The summed E-state index contributed by atoms with van der Waals surface area (Å²) in [5.74, 6) is 0. The molecule has 1 atom stereocenters. The second-order valence-electron chi connectivity index (χ2n) is 4.84. The fourth-order valence-corrected chi connectivity index (χ4v) is 1.53. The van der Waals surface area contributed by atoms with E-state index in [0.29, 0.717) is 5.69 Å². The Hall–Kier alpha value is -1.14. The highest BCUT2D eigenvalue weighted by atomic mass is 79.9. The molecule has 1 heterocycles. The van der Waals surface area contributed by atoms with Crippen LogP contribution in [-0.2, 0) is 4.74 Å². The van der Waals surface area contributed by atoms with E-state index < -0.39 is 11.7 Å². The van der Waals surface area contributed by atoms with Crippen molar-refractivity contribution in [1.82, 2.24) is 10.3 Å². The highest BCUT2D eigenvalue weighted by Crippen LogP contribution is 2.14. The molecule has 0 saturated heterocycles. The number of halogens is 1.